The van der Waals surface area contributed by atoms with Crippen molar-refractivity contribution in [2.45, 2.75) is 52.0 Å². The average Bonchev–Trinajstić information content (AvgIpc) is 2.70. The first-order valence-electron chi connectivity index (χ1n) is 7.13. The van der Waals surface area contributed by atoms with E-state index in [1.165, 1.54) is 30.7 Å². The van der Waals surface area contributed by atoms with Gasteiger partial charge in [-0.3, -0.25) is 4.79 Å². The molecule has 96 valence electrons. The van der Waals surface area contributed by atoms with Crippen LogP contribution in [0.1, 0.15) is 53.8 Å². The van der Waals surface area contributed by atoms with Crippen LogP contribution in [0, 0.1) is 12.8 Å². The molecule has 1 heterocycles. The minimum Gasteiger partial charge on any atom is -0.348 e. The van der Waals surface area contributed by atoms with Crippen molar-refractivity contribution in [1.82, 2.24) is 4.57 Å². The number of hydrogen-bond acceptors (Lipinski definition) is 1. The second-order valence-corrected chi connectivity index (χ2v) is 5.68. The van der Waals surface area contributed by atoms with Gasteiger partial charge in [-0.15, -0.1) is 0 Å². The fourth-order valence-corrected chi connectivity index (χ4v) is 3.33. The summed E-state index contributed by atoms with van der Waals surface area (Å²) >= 11 is 0. The van der Waals surface area contributed by atoms with E-state index in [4.69, 9.17) is 0 Å². The van der Waals surface area contributed by atoms with Gasteiger partial charge in [0.1, 0.15) is 0 Å². The quantitative estimate of drug-likeness (QED) is 0.726. The highest BCUT2D eigenvalue weighted by Gasteiger charge is 2.23. The number of fused-ring (bicyclic) bond motifs is 1. The van der Waals surface area contributed by atoms with Gasteiger partial charge in [0.05, 0.1) is 0 Å². The molecule has 18 heavy (non-hydrogen) atoms. The van der Waals surface area contributed by atoms with Crippen LogP contribution in [0.2, 0.25) is 0 Å². The molecular weight excluding hydrogens is 222 g/mol. The smallest absolute Gasteiger partial charge is 0.164 e. The van der Waals surface area contributed by atoms with Crippen molar-refractivity contribution in [3.8, 4) is 0 Å². The van der Waals surface area contributed by atoms with Crippen LogP contribution in [0.3, 0.4) is 0 Å². The van der Waals surface area contributed by atoms with Crippen LogP contribution in [0.25, 0.3) is 0 Å². The number of ketones is 1. The fourth-order valence-electron chi connectivity index (χ4n) is 3.33. The highest BCUT2D eigenvalue weighted by Crippen LogP contribution is 2.28. The first-order chi connectivity index (χ1) is 8.75. The van der Waals surface area contributed by atoms with E-state index in [0.29, 0.717) is 5.78 Å². The van der Waals surface area contributed by atoms with Crippen molar-refractivity contribution in [3.05, 3.63) is 35.2 Å². The Labute approximate surface area is 109 Å². The molecule has 3 rings (SSSR count). The standard InChI is InChI=1S/C16H21NO/c1-12-10-14-15(8-5-9-16(14)18)17(12)11-13-6-3-2-4-7-13/h2-3,10,13H,4-9,11H2,1H3. The molecule has 0 N–H and O–H groups in total. The van der Waals surface area contributed by atoms with E-state index in [9.17, 15) is 4.79 Å². The summed E-state index contributed by atoms with van der Waals surface area (Å²) in [5, 5.41) is 0. The topological polar surface area (TPSA) is 22.0 Å². The Balaban J connectivity index is 1.87. The number of allylic oxidation sites excluding steroid dienone is 2. The van der Waals surface area contributed by atoms with E-state index in [2.05, 4.69) is 29.7 Å². The number of rotatable bonds is 2. The molecule has 0 radical (unpaired) electrons. The third-order valence-corrected chi connectivity index (χ3v) is 4.35. The number of Topliss-reactive ketones (excluding diaryl/α,β-unsaturated/α-hetero) is 1. The molecule has 2 heteroatoms. The van der Waals surface area contributed by atoms with Crippen molar-refractivity contribution >= 4 is 5.78 Å². The Kier molecular flexibility index (Phi) is 3.11. The van der Waals surface area contributed by atoms with E-state index >= 15 is 0 Å². The van der Waals surface area contributed by atoms with E-state index in [0.717, 1.165) is 37.3 Å². The van der Waals surface area contributed by atoms with Gasteiger partial charge < -0.3 is 4.57 Å². The van der Waals surface area contributed by atoms with E-state index in [1.54, 1.807) is 0 Å². The molecule has 1 aromatic rings. The first-order valence-corrected chi connectivity index (χ1v) is 7.13. The third kappa shape index (κ3) is 2.05. The second-order valence-electron chi connectivity index (χ2n) is 5.68. The van der Waals surface area contributed by atoms with Gasteiger partial charge in [-0.05, 0) is 51.0 Å². The highest BCUT2D eigenvalue weighted by molar-refractivity contribution is 5.98. The van der Waals surface area contributed by atoms with Crippen molar-refractivity contribution in [2.75, 3.05) is 0 Å². The summed E-state index contributed by atoms with van der Waals surface area (Å²) in [5.41, 5.74) is 3.58. The van der Waals surface area contributed by atoms with Gasteiger partial charge in [-0.1, -0.05) is 12.2 Å². The Bertz CT molecular complexity index is 495. The number of aromatic nitrogens is 1. The van der Waals surface area contributed by atoms with Gasteiger partial charge in [-0.25, -0.2) is 0 Å². The lowest BCUT2D eigenvalue weighted by Crippen LogP contribution is -2.18. The summed E-state index contributed by atoms with van der Waals surface area (Å²) in [6, 6.07) is 2.11. The summed E-state index contributed by atoms with van der Waals surface area (Å²) < 4.78 is 2.41. The van der Waals surface area contributed by atoms with Crippen LogP contribution in [0.15, 0.2) is 18.2 Å². The molecular formula is C16H21NO. The molecule has 0 aromatic carbocycles. The van der Waals surface area contributed by atoms with Gasteiger partial charge in [0, 0.05) is 29.9 Å². The molecule has 0 saturated heterocycles. The first kappa shape index (κ1) is 11.8. The van der Waals surface area contributed by atoms with Crippen molar-refractivity contribution in [2.24, 2.45) is 5.92 Å². The molecule has 0 amide bonds. The number of carbonyl (C=O) groups is 1. The normalized spacial score (nSPS) is 23.2. The van der Waals surface area contributed by atoms with Crippen LogP contribution in [0.4, 0.5) is 0 Å². The van der Waals surface area contributed by atoms with Gasteiger partial charge in [-0.2, -0.15) is 0 Å². The molecule has 1 unspecified atom stereocenters. The zero-order valence-electron chi connectivity index (χ0n) is 11.1. The lowest BCUT2D eigenvalue weighted by Gasteiger charge is -2.22. The molecule has 0 fully saturated rings. The summed E-state index contributed by atoms with van der Waals surface area (Å²) in [6.07, 6.45) is 11.1. The number of aryl methyl sites for hydroxylation is 1. The Morgan fingerprint density at radius 3 is 3.00 bits per heavy atom. The molecule has 0 aliphatic heterocycles. The lowest BCUT2D eigenvalue weighted by atomic mass is 9.93. The van der Waals surface area contributed by atoms with E-state index < -0.39 is 0 Å². The minimum absolute atomic E-state index is 0.349. The van der Waals surface area contributed by atoms with Gasteiger partial charge in [0.25, 0.3) is 0 Å². The fraction of sp³-hybridized carbons (Fsp3) is 0.562. The van der Waals surface area contributed by atoms with Gasteiger partial charge >= 0.3 is 0 Å². The van der Waals surface area contributed by atoms with Crippen LogP contribution in [-0.2, 0) is 13.0 Å². The summed E-state index contributed by atoms with van der Waals surface area (Å²) in [6.45, 7) is 3.24. The molecule has 0 bridgehead atoms. The molecule has 2 nitrogen and oxygen atoms in total. The highest BCUT2D eigenvalue weighted by atomic mass is 16.1. The molecule has 2 aliphatic rings. The molecule has 1 aromatic heterocycles. The maximum absolute atomic E-state index is 11.9. The molecule has 1 atom stereocenters. The summed E-state index contributed by atoms with van der Waals surface area (Å²) in [4.78, 5) is 11.9. The predicted molar refractivity (Wildman–Crippen MR) is 72.9 cm³/mol. The Hall–Kier alpha value is -1.31. The Morgan fingerprint density at radius 2 is 2.22 bits per heavy atom. The zero-order valence-corrected chi connectivity index (χ0v) is 11.1. The maximum Gasteiger partial charge on any atom is 0.164 e. The SMILES string of the molecule is Cc1cc2c(n1CC1CC=CCC1)CCCC2=O. The maximum atomic E-state index is 11.9. The number of carbonyl (C=O) groups excluding carboxylic acids is 1. The molecule has 2 aliphatic carbocycles. The third-order valence-electron chi connectivity index (χ3n) is 4.35. The summed E-state index contributed by atoms with van der Waals surface area (Å²) in [5.74, 6) is 1.10. The van der Waals surface area contributed by atoms with Gasteiger partial charge in [0.2, 0.25) is 0 Å². The van der Waals surface area contributed by atoms with Crippen LogP contribution in [-0.4, -0.2) is 10.4 Å². The monoisotopic (exact) mass is 243 g/mol. The zero-order chi connectivity index (χ0) is 12.5. The van der Waals surface area contributed by atoms with Crippen LogP contribution >= 0.6 is 0 Å². The van der Waals surface area contributed by atoms with E-state index in [-0.39, 0.29) is 0 Å². The van der Waals surface area contributed by atoms with Crippen LogP contribution in [0.5, 0.6) is 0 Å². The van der Waals surface area contributed by atoms with E-state index in [1.807, 2.05) is 0 Å². The van der Waals surface area contributed by atoms with Crippen molar-refractivity contribution in [1.29, 1.82) is 0 Å². The average molecular weight is 243 g/mol. The van der Waals surface area contributed by atoms with Crippen molar-refractivity contribution in [3.63, 3.8) is 0 Å². The minimum atomic E-state index is 0.349. The van der Waals surface area contributed by atoms with Crippen LogP contribution < -0.4 is 0 Å². The number of nitrogens with zero attached hydrogens (tertiary/aromatic N) is 1. The predicted octanol–water partition coefficient (Wildman–Crippen LogP) is 3.67. The second kappa shape index (κ2) is 4.75. The molecule has 0 spiro atoms. The van der Waals surface area contributed by atoms with Crippen molar-refractivity contribution < 1.29 is 4.79 Å². The summed E-state index contributed by atoms with van der Waals surface area (Å²) in [7, 11) is 0. The largest absolute Gasteiger partial charge is 0.348 e. The van der Waals surface area contributed by atoms with Gasteiger partial charge in [0.15, 0.2) is 5.78 Å². The molecule has 0 saturated carbocycles. The Morgan fingerprint density at radius 1 is 1.33 bits per heavy atom. The lowest BCUT2D eigenvalue weighted by molar-refractivity contribution is 0.0971. The number of hydrogen-bond donors (Lipinski definition) is 0.